The molecule has 0 N–H and O–H groups in total. The largest absolute Gasteiger partial charge is 0.238 e. The smallest absolute Gasteiger partial charge is 0.128 e. The molecule has 228 valence electrons. The number of nitrogens with zero attached hydrogens (tertiary/aromatic N) is 2. The first-order chi connectivity index (χ1) is 19.3. The summed E-state index contributed by atoms with van der Waals surface area (Å²) in [5.41, 5.74) is 4.42. The summed E-state index contributed by atoms with van der Waals surface area (Å²) in [6.45, 7) is 9.20. The van der Waals surface area contributed by atoms with Gasteiger partial charge in [-0.15, -0.1) is 0 Å². The van der Waals surface area contributed by atoms with E-state index in [2.05, 4.69) is 27.7 Å². The summed E-state index contributed by atoms with van der Waals surface area (Å²) in [5, 5.41) is 0. The highest BCUT2D eigenvalue weighted by Gasteiger charge is 2.14. The Morgan fingerprint density at radius 1 is 0.308 bits per heavy atom. The van der Waals surface area contributed by atoms with E-state index in [0.29, 0.717) is 0 Å². The minimum atomic E-state index is 1.03. The van der Waals surface area contributed by atoms with Crippen LogP contribution in [0, 0.1) is 0 Å². The molecule has 0 saturated heterocycles. The van der Waals surface area contributed by atoms with Gasteiger partial charge in [0, 0.05) is 17.8 Å². The van der Waals surface area contributed by atoms with Crippen molar-refractivity contribution in [1.82, 2.24) is 9.97 Å². The van der Waals surface area contributed by atoms with Crippen LogP contribution >= 0.6 is 0 Å². The summed E-state index contributed by atoms with van der Waals surface area (Å²) in [7, 11) is 0. The first-order valence-corrected chi connectivity index (χ1v) is 18.1. The van der Waals surface area contributed by atoms with E-state index < -0.39 is 0 Å². The zero-order valence-electron chi connectivity index (χ0n) is 27.4. The number of hydrogen-bond donors (Lipinski definition) is 0. The summed E-state index contributed by atoms with van der Waals surface area (Å²) in [6.07, 6.45) is 39.0. The van der Waals surface area contributed by atoms with E-state index in [-0.39, 0.29) is 0 Å². The van der Waals surface area contributed by atoms with Gasteiger partial charge < -0.3 is 0 Å². The fourth-order valence-corrected chi connectivity index (χ4v) is 5.96. The molecule has 2 nitrogen and oxygen atoms in total. The van der Waals surface area contributed by atoms with Gasteiger partial charge in [0.05, 0.1) is 0 Å². The molecule has 0 amide bonds. The van der Waals surface area contributed by atoms with Gasteiger partial charge in [0.25, 0.3) is 0 Å². The summed E-state index contributed by atoms with van der Waals surface area (Å²) in [6, 6.07) is 0. The van der Waals surface area contributed by atoms with Crippen LogP contribution in [0.15, 0.2) is 0 Å². The topological polar surface area (TPSA) is 25.8 Å². The molecule has 2 heteroatoms. The van der Waals surface area contributed by atoms with Crippen molar-refractivity contribution in [2.24, 2.45) is 0 Å². The highest BCUT2D eigenvalue weighted by atomic mass is 14.9. The molecule has 0 aliphatic carbocycles. The van der Waals surface area contributed by atoms with Gasteiger partial charge in [-0.25, -0.2) is 9.97 Å². The molecular formula is C37H70N2. The maximum absolute atomic E-state index is 5.21. The van der Waals surface area contributed by atoms with Crippen LogP contribution in [0.2, 0.25) is 0 Å². The summed E-state index contributed by atoms with van der Waals surface area (Å²) in [4.78, 5) is 10.4. The van der Waals surface area contributed by atoms with Gasteiger partial charge in [-0.3, -0.25) is 0 Å². The summed E-state index contributed by atoms with van der Waals surface area (Å²) in [5.74, 6) is 1.13. The Kier molecular flexibility index (Phi) is 25.2. The Morgan fingerprint density at radius 2 is 0.615 bits per heavy atom. The fraction of sp³-hybridized carbons (Fsp3) is 0.892. The fourth-order valence-electron chi connectivity index (χ4n) is 5.96. The first kappa shape index (κ1) is 36.1. The zero-order valence-corrected chi connectivity index (χ0v) is 27.4. The Hall–Kier alpha value is -0.920. The van der Waals surface area contributed by atoms with Gasteiger partial charge in [0.2, 0.25) is 0 Å². The lowest BCUT2D eigenvalue weighted by molar-refractivity contribution is 0.561. The van der Waals surface area contributed by atoms with Gasteiger partial charge in [-0.1, -0.05) is 163 Å². The third-order valence-corrected chi connectivity index (χ3v) is 8.51. The van der Waals surface area contributed by atoms with E-state index in [0.717, 1.165) is 18.7 Å². The first-order valence-electron chi connectivity index (χ1n) is 18.1. The second-order valence-electron chi connectivity index (χ2n) is 12.4. The van der Waals surface area contributed by atoms with E-state index in [9.17, 15) is 0 Å². The predicted molar refractivity (Wildman–Crippen MR) is 175 cm³/mol. The standard InChI is InChI=1S/C37H70N2/c1-5-9-12-15-18-21-24-27-31-34-35(32-28-25-22-19-16-13-10-6-2)38-37(30-8-4)39-36(34)33-29-26-23-20-17-14-11-7-3/h5-33H2,1-4H3. The lowest BCUT2D eigenvalue weighted by Crippen LogP contribution is -2.11. The monoisotopic (exact) mass is 543 g/mol. The SMILES string of the molecule is CCCCCCCCCCc1nc(CCC)nc(CCCCCCCCCC)c1CCCCCCCCCC. The van der Waals surface area contributed by atoms with Gasteiger partial charge in [-0.2, -0.15) is 0 Å². The van der Waals surface area contributed by atoms with Gasteiger partial charge >= 0.3 is 0 Å². The molecular weight excluding hydrogens is 472 g/mol. The quantitative estimate of drug-likeness (QED) is 0.0940. The van der Waals surface area contributed by atoms with E-state index in [4.69, 9.17) is 9.97 Å². The number of aryl methyl sites for hydroxylation is 3. The van der Waals surface area contributed by atoms with Crippen LogP contribution in [0.1, 0.15) is 211 Å². The normalized spacial score (nSPS) is 11.5. The third-order valence-electron chi connectivity index (χ3n) is 8.51. The van der Waals surface area contributed by atoms with Crippen LogP contribution in [0.4, 0.5) is 0 Å². The van der Waals surface area contributed by atoms with Gasteiger partial charge in [-0.05, 0) is 50.5 Å². The molecule has 39 heavy (non-hydrogen) atoms. The third kappa shape index (κ3) is 19.7. The van der Waals surface area contributed by atoms with Crippen molar-refractivity contribution >= 4 is 0 Å². The second kappa shape index (κ2) is 27.3. The van der Waals surface area contributed by atoms with E-state index >= 15 is 0 Å². The average Bonchev–Trinajstić information content (AvgIpc) is 2.94. The van der Waals surface area contributed by atoms with Gasteiger partial charge in [0.15, 0.2) is 0 Å². The molecule has 0 spiro atoms. The maximum atomic E-state index is 5.21. The Balaban J connectivity index is 2.71. The molecule has 0 fully saturated rings. The van der Waals surface area contributed by atoms with Crippen molar-refractivity contribution in [2.75, 3.05) is 0 Å². The summed E-state index contributed by atoms with van der Waals surface area (Å²) < 4.78 is 0. The summed E-state index contributed by atoms with van der Waals surface area (Å²) >= 11 is 0. The second-order valence-corrected chi connectivity index (χ2v) is 12.4. The molecule has 0 aliphatic rings. The zero-order chi connectivity index (χ0) is 28.2. The lowest BCUT2D eigenvalue weighted by Gasteiger charge is -2.16. The number of hydrogen-bond acceptors (Lipinski definition) is 2. The van der Waals surface area contributed by atoms with Crippen LogP contribution in [0.3, 0.4) is 0 Å². The Labute approximate surface area is 246 Å². The van der Waals surface area contributed by atoms with Crippen LogP contribution in [0.5, 0.6) is 0 Å². The van der Waals surface area contributed by atoms with E-state index in [1.807, 2.05) is 0 Å². The number of unbranched alkanes of at least 4 members (excludes halogenated alkanes) is 21. The van der Waals surface area contributed by atoms with Crippen LogP contribution in [-0.2, 0) is 25.7 Å². The highest BCUT2D eigenvalue weighted by molar-refractivity contribution is 5.27. The molecule has 0 aliphatic heterocycles. The van der Waals surface area contributed by atoms with Crippen molar-refractivity contribution in [3.63, 3.8) is 0 Å². The Morgan fingerprint density at radius 3 is 0.949 bits per heavy atom. The molecule has 0 bridgehead atoms. The molecule has 1 rings (SSSR count). The minimum Gasteiger partial charge on any atom is -0.238 e. The molecule has 0 saturated carbocycles. The van der Waals surface area contributed by atoms with Crippen molar-refractivity contribution in [3.05, 3.63) is 22.8 Å². The highest BCUT2D eigenvalue weighted by Crippen LogP contribution is 2.22. The van der Waals surface area contributed by atoms with Crippen molar-refractivity contribution in [1.29, 1.82) is 0 Å². The Bertz CT molecular complexity index is 612. The van der Waals surface area contributed by atoms with Crippen LogP contribution in [0.25, 0.3) is 0 Å². The molecule has 0 radical (unpaired) electrons. The van der Waals surface area contributed by atoms with E-state index in [1.165, 1.54) is 185 Å². The molecule has 1 heterocycles. The number of aromatic nitrogens is 2. The maximum Gasteiger partial charge on any atom is 0.128 e. The lowest BCUT2D eigenvalue weighted by atomic mass is 9.96. The average molecular weight is 543 g/mol. The predicted octanol–water partition coefficient (Wildman–Crippen LogP) is 12.5. The molecule has 0 unspecified atom stereocenters. The van der Waals surface area contributed by atoms with Gasteiger partial charge in [0.1, 0.15) is 5.82 Å². The molecule has 1 aromatic heterocycles. The van der Waals surface area contributed by atoms with Crippen LogP contribution < -0.4 is 0 Å². The van der Waals surface area contributed by atoms with E-state index in [1.54, 1.807) is 5.56 Å². The van der Waals surface area contributed by atoms with Crippen molar-refractivity contribution < 1.29 is 0 Å². The minimum absolute atomic E-state index is 1.03. The van der Waals surface area contributed by atoms with Crippen molar-refractivity contribution in [2.45, 2.75) is 214 Å². The molecule has 1 aromatic rings. The molecule has 0 aromatic carbocycles. The van der Waals surface area contributed by atoms with Crippen molar-refractivity contribution in [3.8, 4) is 0 Å². The molecule has 0 atom stereocenters. The van der Waals surface area contributed by atoms with Crippen LogP contribution in [-0.4, -0.2) is 9.97 Å². The number of rotatable bonds is 29.